The van der Waals surface area contributed by atoms with Gasteiger partial charge >= 0.3 is 5.97 Å². The van der Waals surface area contributed by atoms with E-state index in [1.54, 1.807) is 6.92 Å². The molecule has 0 atom stereocenters. The van der Waals surface area contributed by atoms with Crippen LogP contribution in [0.25, 0.3) is 0 Å². The molecule has 6 heteroatoms. The molecule has 1 N–H and O–H groups in total. The summed E-state index contributed by atoms with van der Waals surface area (Å²) in [5.74, 6) is -3.37. The molecule has 1 rings (SSSR count). The van der Waals surface area contributed by atoms with Crippen LogP contribution in [0.15, 0.2) is 12.1 Å². The van der Waals surface area contributed by atoms with Gasteiger partial charge in [-0.15, -0.1) is 0 Å². The van der Waals surface area contributed by atoms with Crippen molar-refractivity contribution in [2.75, 3.05) is 11.4 Å². The van der Waals surface area contributed by atoms with E-state index in [-0.39, 0.29) is 12.3 Å². The number of hydrogen-bond donors (Lipinski definition) is 1. The van der Waals surface area contributed by atoms with Gasteiger partial charge in [-0.25, -0.2) is 13.6 Å². The van der Waals surface area contributed by atoms with Gasteiger partial charge in [0.1, 0.15) is 5.56 Å². The third kappa shape index (κ3) is 2.36. The molecule has 0 bridgehead atoms. The Hall–Kier alpha value is -1.36. The standard InChI is InChI=1S/C9H8ClF2NO2/c1-2-15-9(14)7-6(13-10)4-3-5(11)8(7)12/h3-4,13H,2H2,1H3. The SMILES string of the molecule is CCOC(=O)c1c(NCl)ccc(F)c1F. The highest BCUT2D eigenvalue weighted by Crippen LogP contribution is 2.23. The van der Waals surface area contributed by atoms with Crippen molar-refractivity contribution in [1.29, 1.82) is 0 Å². The molecule has 3 nitrogen and oxygen atoms in total. The predicted octanol–water partition coefficient (Wildman–Crippen LogP) is 2.71. The molecule has 0 saturated heterocycles. The number of benzene rings is 1. The van der Waals surface area contributed by atoms with E-state index in [0.29, 0.717) is 0 Å². The topological polar surface area (TPSA) is 38.3 Å². The molecule has 0 aliphatic carbocycles. The van der Waals surface area contributed by atoms with Gasteiger partial charge in [0.25, 0.3) is 0 Å². The maximum absolute atomic E-state index is 13.2. The van der Waals surface area contributed by atoms with Gasteiger partial charge < -0.3 is 4.74 Å². The summed E-state index contributed by atoms with van der Waals surface area (Å²) in [5.41, 5.74) is -0.569. The van der Waals surface area contributed by atoms with Crippen molar-refractivity contribution in [2.24, 2.45) is 0 Å². The summed E-state index contributed by atoms with van der Waals surface area (Å²) >= 11 is 5.25. The molecule has 15 heavy (non-hydrogen) atoms. The highest BCUT2D eigenvalue weighted by atomic mass is 35.5. The number of halogens is 3. The van der Waals surface area contributed by atoms with Crippen molar-refractivity contribution >= 4 is 23.4 Å². The quantitative estimate of drug-likeness (QED) is 0.647. The van der Waals surface area contributed by atoms with Crippen molar-refractivity contribution < 1.29 is 18.3 Å². The zero-order valence-corrected chi connectivity index (χ0v) is 8.57. The highest BCUT2D eigenvalue weighted by Gasteiger charge is 2.21. The number of carbonyl (C=O) groups excluding carboxylic acids is 1. The third-order valence-electron chi connectivity index (χ3n) is 1.68. The van der Waals surface area contributed by atoms with Gasteiger partial charge in [-0.1, -0.05) is 0 Å². The van der Waals surface area contributed by atoms with E-state index >= 15 is 0 Å². The van der Waals surface area contributed by atoms with Gasteiger partial charge in [-0.2, -0.15) is 0 Å². The average molecular weight is 236 g/mol. The summed E-state index contributed by atoms with van der Waals surface area (Å²) in [5, 5.41) is 0. The number of esters is 1. The maximum atomic E-state index is 13.2. The number of rotatable bonds is 3. The summed E-state index contributed by atoms with van der Waals surface area (Å²) in [4.78, 5) is 13.3. The van der Waals surface area contributed by atoms with Crippen molar-refractivity contribution in [3.05, 3.63) is 29.3 Å². The van der Waals surface area contributed by atoms with E-state index in [9.17, 15) is 13.6 Å². The van der Waals surface area contributed by atoms with Crippen molar-refractivity contribution in [3.63, 3.8) is 0 Å². The molecule has 0 spiro atoms. The zero-order valence-electron chi connectivity index (χ0n) is 7.81. The molecule has 0 unspecified atom stereocenters. The van der Waals surface area contributed by atoms with Crippen LogP contribution in [0, 0.1) is 11.6 Å². The third-order valence-corrected chi connectivity index (χ3v) is 1.88. The monoisotopic (exact) mass is 235 g/mol. The Bertz CT molecular complexity index is 385. The lowest BCUT2D eigenvalue weighted by atomic mass is 10.1. The average Bonchev–Trinajstić information content (AvgIpc) is 2.22. The molecule has 0 amide bonds. The van der Waals surface area contributed by atoms with Gasteiger partial charge in [0.05, 0.1) is 12.3 Å². The van der Waals surface area contributed by atoms with E-state index in [1.807, 2.05) is 0 Å². The number of anilines is 1. The maximum Gasteiger partial charge on any atom is 0.343 e. The van der Waals surface area contributed by atoms with Crippen LogP contribution in [-0.4, -0.2) is 12.6 Å². The fourth-order valence-corrected chi connectivity index (χ4v) is 1.19. The van der Waals surface area contributed by atoms with Crippen molar-refractivity contribution in [2.45, 2.75) is 6.92 Å². The molecule has 0 aromatic heterocycles. The second kappa shape index (κ2) is 4.93. The Morgan fingerprint density at radius 1 is 1.53 bits per heavy atom. The number of nitrogens with one attached hydrogen (secondary N) is 1. The first kappa shape index (κ1) is 11.7. The molecule has 0 saturated carbocycles. The summed E-state index contributed by atoms with van der Waals surface area (Å²) in [7, 11) is 0. The molecular weight excluding hydrogens is 228 g/mol. The Morgan fingerprint density at radius 3 is 2.73 bits per heavy atom. The first-order valence-corrected chi connectivity index (χ1v) is 4.51. The summed E-state index contributed by atoms with van der Waals surface area (Å²) in [6.45, 7) is 1.62. The normalized spacial score (nSPS) is 9.87. The predicted molar refractivity (Wildman–Crippen MR) is 51.8 cm³/mol. The Kier molecular flexibility index (Phi) is 3.85. The lowest BCUT2D eigenvalue weighted by Gasteiger charge is -2.08. The molecule has 1 aromatic carbocycles. The molecule has 0 aliphatic rings. The number of carbonyl (C=O) groups is 1. The van der Waals surface area contributed by atoms with Crippen molar-refractivity contribution in [3.8, 4) is 0 Å². The molecule has 1 aromatic rings. The lowest BCUT2D eigenvalue weighted by molar-refractivity contribution is 0.0521. The van der Waals surface area contributed by atoms with Crippen LogP contribution in [-0.2, 0) is 4.74 Å². The van der Waals surface area contributed by atoms with Crippen LogP contribution in [0.4, 0.5) is 14.5 Å². The minimum absolute atomic E-state index is 0.0333. The zero-order chi connectivity index (χ0) is 11.4. The van der Waals surface area contributed by atoms with Crippen LogP contribution >= 0.6 is 11.8 Å². The number of ether oxygens (including phenoxy) is 1. The Morgan fingerprint density at radius 2 is 2.20 bits per heavy atom. The minimum Gasteiger partial charge on any atom is -0.462 e. The van der Waals surface area contributed by atoms with Crippen molar-refractivity contribution in [1.82, 2.24) is 0 Å². The Balaban J connectivity index is 3.23. The van der Waals surface area contributed by atoms with Gasteiger partial charge in [0.2, 0.25) is 0 Å². The molecule has 82 valence electrons. The number of hydrogen-bond acceptors (Lipinski definition) is 3. The molecule has 0 fully saturated rings. The first-order chi connectivity index (χ1) is 7.11. The molecule has 0 heterocycles. The molecule has 0 aliphatic heterocycles. The van der Waals surface area contributed by atoms with E-state index in [4.69, 9.17) is 11.8 Å². The van der Waals surface area contributed by atoms with Gasteiger partial charge in [0, 0.05) is 11.8 Å². The lowest BCUT2D eigenvalue weighted by Crippen LogP contribution is -2.10. The van der Waals surface area contributed by atoms with Gasteiger partial charge in [-0.05, 0) is 19.1 Å². The van der Waals surface area contributed by atoms with E-state index < -0.39 is 23.2 Å². The fraction of sp³-hybridized carbons (Fsp3) is 0.222. The smallest absolute Gasteiger partial charge is 0.343 e. The van der Waals surface area contributed by atoms with Crippen LogP contribution in [0.3, 0.4) is 0 Å². The minimum atomic E-state index is -1.28. The summed E-state index contributed by atoms with van der Waals surface area (Å²) < 4.78 is 30.7. The van der Waals surface area contributed by atoms with Crippen LogP contribution in [0.1, 0.15) is 17.3 Å². The van der Waals surface area contributed by atoms with Crippen LogP contribution < -0.4 is 4.84 Å². The highest BCUT2D eigenvalue weighted by molar-refractivity contribution is 6.25. The van der Waals surface area contributed by atoms with Gasteiger partial charge in [-0.3, -0.25) is 4.84 Å². The van der Waals surface area contributed by atoms with E-state index in [1.165, 1.54) is 0 Å². The van der Waals surface area contributed by atoms with Crippen LogP contribution in [0.2, 0.25) is 0 Å². The molecular formula is C9H8ClF2NO2. The first-order valence-electron chi connectivity index (χ1n) is 4.13. The summed E-state index contributed by atoms with van der Waals surface area (Å²) in [6, 6.07) is 2.01. The van der Waals surface area contributed by atoms with E-state index in [2.05, 4.69) is 9.57 Å². The van der Waals surface area contributed by atoms with E-state index in [0.717, 1.165) is 12.1 Å². The Labute approximate surface area is 90.1 Å². The molecule has 0 radical (unpaired) electrons. The van der Waals surface area contributed by atoms with Crippen LogP contribution in [0.5, 0.6) is 0 Å². The second-order valence-electron chi connectivity index (χ2n) is 2.60. The fourth-order valence-electron chi connectivity index (χ4n) is 1.03. The summed E-state index contributed by atoms with van der Waals surface area (Å²) in [6.07, 6.45) is 0. The second-order valence-corrected chi connectivity index (χ2v) is 2.79. The van der Waals surface area contributed by atoms with Gasteiger partial charge in [0.15, 0.2) is 11.6 Å². The largest absolute Gasteiger partial charge is 0.462 e.